The van der Waals surface area contributed by atoms with Crippen LogP contribution in [0.15, 0.2) is 18.3 Å². The third-order valence-electron chi connectivity index (χ3n) is 3.71. The maximum atomic E-state index is 5.69. The van der Waals surface area contributed by atoms with E-state index in [9.17, 15) is 0 Å². The maximum absolute atomic E-state index is 5.69. The summed E-state index contributed by atoms with van der Waals surface area (Å²) < 4.78 is 10.5. The Morgan fingerprint density at radius 1 is 1.47 bits per heavy atom. The van der Waals surface area contributed by atoms with Crippen molar-refractivity contribution in [1.29, 1.82) is 0 Å². The minimum atomic E-state index is 0.221. The Bertz CT molecular complexity index is 387. The van der Waals surface area contributed by atoms with Crippen LogP contribution >= 0.6 is 0 Å². The largest absolute Gasteiger partial charge is 0.382 e. The molecule has 1 aliphatic rings. The van der Waals surface area contributed by atoms with Gasteiger partial charge in [-0.15, -0.1) is 0 Å². The molecule has 0 spiro atoms. The number of hydrogen-bond donors (Lipinski definition) is 2. The standard InChI is InChI=1S/C14H23N3O2/c1-18-9-10-19-8-6-13(17-15)12-5-4-11-3-2-7-16-14(11)12/h2-3,7,12-13,17H,4-6,8-10,15H2,1H3. The van der Waals surface area contributed by atoms with E-state index in [1.165, 1.54) is 11.3 Å². The van der Waals surface area contributed by atoms with E-state index in [1.807, 2.05) is 12.3 Å². The highest BCUT2D eigenvalue weighted by Gasteiger charge is 2.30. The molecule has 0 saturated carbocycles. The normalized spacial score (nSPS) is 19.4. The molecule has 5 heteroatoms. The van der Waals surface area contributed by atoms with Gasteiger partial charge in [-0.25, -0.2) is 0 Å². The van der Waals surface area contributed by atoms with Gasteiger partial charge in [-0.1, -0.05) is 6.07 Å². The highest BCUT2D eigenvalue weighted by molar-refractivity contribution is 5.29. The third kappa shape index (κ3) is 3.73. The Labute approximate surface area is 114 Å². The first-order chi connectivity index (χ1) is 9.36. The number of methoxy groups -OCH3 is 1. The predicted octanol–water partition coefficient (Wildman–Crippen LogP) is 0.996. The quantitative estimate of drug-likeness (QED) is 0.417. The van der Waals surface area contributed by atoms with Crippen molar-refractivity contribution < 1.29 is 9.47 Å². The summed E-state index contributed by atoms with van der Waals surface area (Å²) in [5.74, 6) is 6.09. The molecular formula is C14H23N3O2. The molecule has 0 aromatic carbocycles. The first-order valence-electron chi connectivity index (χ1n) is 6.83. The summed E-state index contributed by atoms with van der Waals surface area (Å²) in [6.45, 7) is 1.96. The van der Waals surface area contributed by atoms with Crippen molar-refractivity contribution in [1.82, 2.24) is 10.4 Å². The molecule has 2 atom stereocenters. The van der Waals surface area contributed by atoms with Gasteiger partial charge in [0.15, 0.2) is 0 Å². The SMILES string of the molecule is COCCOCCC(NN)C1CCc2cccnc21. The Kier molecular flexibility index (Phi) is 5.72. The van der Waals surface area contributed by atoms with Crippen LogP contribution in [0.2, 0.25) is 0 Å². The third-order valence-corrected chi connectivity index (χ3v) is 3.71. The van der Waals surface area contributed by atoms with Crippen LogP contribution in [0.4, 0.5) is 0 Å². The number of fused-ring (bicyclic) bond motifs is 1. The molecule has 1 heterocycles. The average molecular weight is 265 g/mol. The first-order valence-corrected chi connectivity index (χ1v) is 6.83. The second-order valence-electron chi connectivity index (χ2n) is 4.86. The lowest BCUT2D eigenvalue weighted by Gasteiger charge is -2.22. The Hall–Kier alpha value is -1.01. The van der Waals surface area contributed by atoms with Gasteiger partial charge in [-0.2, -0.15) is 0 Å². The van der Waals surface area contributed by atoms with Crippen LogP contribution in [0.1, 0.15) is 30.0 Å². The molecule has 1 aliphatic carbocycles. The van der Waals surface area contributed by atoms with Crippen LogP contribution in [0, 0.1) is 0 Å². The lowest BCUT2D eigenvalue weighted by Crippen LogP contribution is -2.40. The summed E-state index contributed by atoms with van der Waals surface area (Å²) in [5, 5.41) is 0. The number of aryl methyl sites for hydroxylation is 1. The molecule has 1 aromatic heterocycles. The molecular weight excluding hydrogens is 242 g/mol. The molecule has 5 nitrogen and oxygen atoms in total. The fourth-order valence-corrected chi connectivity index (χ4v) is 2.69. The molecule has 0 bridgehead atoms. The van der Waals surface area contributed by atoms with Crippen LogP contribution < -0.4 is 11.3 Å². The van der Waals surface area contributed by atoms with Gasteiger partial charge in [0.25, 0.3) is 0 Å². The zero-order chi connectivity index (χ0) is 13.5. The Morgan fingerprint density at radius 2 is 2.37 bits per heavy atom. The van der Waals surface area contributed by atoms with Gasteiger partial charge in [0.05, 0.1) is 13.2 Å². The van der Waals surface area contributed by atoms with E-state index in [1.54, 1.807) is 7.11 Å². The topological polar surface area (TPSA) is 69.4 Å². The summed E-state index contributed by atoms with van der Waals surface area (Å²) in [6.07, 6.45) is 4.95. The molecule has 0 radical (unpaired) electrons. The molecule has 3 N–H and O–H groups in total. The van der Waals surface area contributed by atoms with Gasteiger partial charge in [-0.05, 0) is 30.9 Å². The lowest BCUT2D eigenvalue weighted by molar-refractivity contribution is 0.0645. The number of aromatic nitrogens is 1. The number of hydrogen-bond acceptors (Lipinski definition) is 5. The number of ether oxygens (including phenoxy) is 2. The van der Waals surface area contributed by atoms with Gasteiger partial charge < -0.3 is 9.47 Å². The van der Waals surface area contributed by atoms with Crippen molar-refractivity contribution in [2.24, 2.45) is 5.84 Å². The number of nitrogens with one attached hydrogen (secondary N) is 1. The van der Waals surface area contributed by atoms with Crippen molar-refractivity contribution >= 4 is 0 Å². The summed E-state index contributed by atoms with van der Waals surface area (Å²) in [4.78, 5) is 4.51. The van der Waals surface area contributed by atoms with Crippen molar-refractivity contribution in [2.45, 2.75) is 31.2 Å². The zero-order valence-electron chi connectivity index (χ0n) is 11.5. The van der Waals surface area contributed by atoms with Crippen molar-refractivity contribution in [2.75, 3.05) is 26.9 Å². The molecule has 106 valence electrons. The maximum Gasteiger partial charge on any atom is 0.0700 e. The van der Waals surface area contributed by atoms with E-state index in [-0.39, 0.29) is 6.04 Å². The first kappa shape index (κ1) is 14.4. The molecule has 0 saturated heterocycles. The Balaban J connectivity index is 1.85. The number of hydrazine groups is 1. The number of pyridine rings is 1. The summed E-state index contributed by atoms with van der Waals surface area (Å²) in [6, 6.07) is 4.38. The second kappa shape index (κ2) is 7.55. The van der Waals surface area contributed by atoms with Crippen molar-refractivity contribution in [3.8, 4) is 0 Å². The van der Waals surface area contributed by atoms with Crippen LogP contribution in [0.25, 0.3) is 0 Å². The monoisotopic (exact) mass is 265 g/mol. The number of nitrogens with two attached hydrogens (primary N) is 1. The molecule has 2 rings (SSSR count). The minimum Gasteiger partial charge on any atom is -0.382 e. The predicted molar refractivity (Wildman–Crippen MR) is 73.7 cm³/mol. The summed E-state index contributed by atoms with van der Waals surface area (Å²) in [7, 11) is 1.68. The molecule has 2 unspecified atom stereocenters. The van der Waals surface area contributed by atoms with E-state index in [2.05, 4.69) is 16.5 Å². The lowest BCUT2D eigenvalue weighted by atomic mass is 9.95. The van der Waals surface area contributed by atoms with Crippen LogP contribution in [-0.2, 0) is 15.9 Å². The molecule has 0 fully saturated rings. The number of rotatable bonds is 8. The summed E-state index contributed by atoms with van der Waals surface area (Å²) >= 11 is 0. The second-order valence-corrected chi connectivity index (χ2v) is 4.86. The molecule has 0 amide bonds. The highest BCUT2D eigenvalue weighted by atomic mass is 16.5. The van der Waals surface area contributed by atoms with E-state index in [0.29, 0.717) is 25.7 Å². The van der Waals surface area contributed by atoms with E-state index >= 15 is 0 Å². The van der Waals surface area contributed by atoms with Gasteiger partial charge >= 0.3 is 0 Å². The van der Waals surface area contributed by atoms with E-state index in [4.69, 9.17) is 15.3 Å². The average Bonchev–Trinajstić information content (AvgIpc) is 2.87. The van der Waals surface area contributed by atoms with Crippen LogP contribution in [0.3, 0.4) is 0 Å². The fraction of sp³-hybridized carbons (Fsp3) is 0.643. The molecule has 19 heavy (non-hydrogen) atoms. The summed E-state index contributed by atoms with van der Waals surface area (Å²) in [5.41, 5.74) is 5.48. The smallest absolute Gasteiger partial charge is 0.0700 e. The van der Waals surface area contributed by atoms with Crippen LogP contribution in [-0.4, -0.2) is 38.0 Å². The fourth-order valence-electron chi connectivity index (χ4n) is 2.69. The van der Waals surface area contributed by atoms with Crippen molar-refractivity contribution in [3.63, 3.8) is 0 Å². The number of nitrogens with zero attached hydrogens (tertiary/aromatic N) is 1. The van der Waals surface area contributed by atoms with E-state index in [0.717, 1.165) is 19.3 Å². The van der Waals surface area contributed by atoms with Gasteiger partial charge in [0, 0.05) is 37.6 Å². The van der Waals surface area contributed by atoms with Crippen molar-refractivity contribution in [3.05, 3.63) is 29.6 Å². The van der Waals surface area contributed by atoms with Gasteiger partial charge in [0.2, 0.25) is 0 Å². The highest BCUT2D eigenvalue weighted by Crippen LogP contribution is 2.34. The Morgan fingerprint density at radius 3 is 3.16 bits per heavy atom. The molecule has 1 aromatic rings. The minimum absolute atomic E-state index is 0.221. The molecule has 0 aliphatic heterocycles. The van der Waals surface area contributed by atoms with E-state index < -0.39 is 0 Å². The van der Waals surface area contributed by atoms with Gasteiger partial charge in [0.1, 0.15) is 0 Å². The zero-order valence-corrected chi connectivity index (χ0v) is 11.5. The van der Waals surface area contributed by atoms with Gasteiger partial charge in [-0.3, -0.25) is 16.3 Å². The van der Waals surface area contributed by atoms with Crippen LogP contribution in [0.5, 0.6) is 0 Å².